The number of hydrogen-bond acceptors (Lipinski definition) is 4. The van der Waals surface area contributed by atoms with Crippen LogP contribution >= 0.6 is 0 Å². The molecule has 28 heavy (non-hydrogen) atoms. The van der Waals surface area contributed by atoms with Crippen molar-refractivity contribution in [1.82, 2.24) is 4.90 Å². The first-order valence-corrected chi connectivity index (χ1v) is 9.72. The number of carbonyl (C=O) groups excluding carboxylic acids is 1. The Kier molecular flexibility index (Phi) is 6.12. The molecule has 0 bridgehead atoms. The van der Waals surface area contributed by atoms with Gasteiger partial charge in [0.25, 0.3) is 0 Å². The summed E-state index contributed by atoms with van der Waals surface area (Å²) in [5.41, 5.74) is 4.56. The van der Waals surface area contributed by atoms with Gasteiger partial charge in [-0.25, -0.2) is 0 Å². The third-order valence-electron chi connectivity index (χ3n) is 5.23. The molecule has 0 saturated heterocycles. The molecule has 3 rings (SSSR count). The van der Waals surface area contributed by atoms with Crippen molar-refractivity contribution in [1.29, 1.82) is 0 Å². The van der Waals surface area contributed by atoms with Crippen LogP contribution in [0.3, 0.4) is 0 Å². The first-order chi connectivity index (χ1) is 13.5. The second-order valence-electron chi connectivity index (χ2n) is 7.25. The van der Waals surface area contributed by atoms with E-state index in [1.807, 2.05) is 36.1 Å². The summed E-state index contributed by atoms with van der Waals surface area (Å²) in [5, 5.41) is 0. The molecule has 1 amide bonds. The maximum Gasteiger partial charge on any atom is 0.222 e. The summed E-state index contributed by atoms with van der Waals surface area (Å²) < 4.78 is 17.1. The van der Waals surface area contributed by atoms with E-state index in [-0.39, 0.29) is 11.9 Å². The van der Waals surface area contributed by atoms with Gasteiger partial charge in [-0.15, -0.1) is 0 Å². The lowest BCUT2D eigenvalue weighted by atomic mass is 9.92. The highest BCUT2D eigenvalue weighted by Gasteiger charge is 2.32. The number of aryl methyl sites for hydroxylation is 2. The molecule has 5 heteroatoms. The Balaban J connectivity index is 1.95. The third-order valence-corrected chi connectivity index (χ3v) is 5.23. The number of carbonyl (C=O) groups is 1. The van der Waals surface area contributed by atoms with Crippen LogP contribution in [-0.2, 0) is 11.2 Å². The summed E-state index contributed by atoms with van der Waals surface area (Å²) in [6.45, 7) is 7.08. The summed E-state index contributed by atoms with van der Waals surface area (Å²) in [6.07, 6.45) is 1.27. The van der Waals surface area contributed by atoms with E-state index in [9.17, 15) is 4.79 Å². The number of ether oxygens (including phenoxy) is 3. The van der Waals surface area contributed by atoms with E-state index in [1.165, 1.54) is 5.56 Å². The van der Waals surface area contributed by atoms with Crippen LogP contribution in [0.15, 0.2) is 30.3 Å². The van der Waals surface area contributed by atoms with Crippen LogP contribution < -0.4 is 14.2 Å². The number of hydrogen-bond donors (Lipinski definition) is 0. The van der Waals surface area contributed by atoms with Crippen molar-refractivity contribution < 1.29 is 19.0 Å². The smallest absolute Gasteiger partial charge is 0.222 e. The van der Waals surface area contributed by atoms with Crippen molar-refractivity contribution in [3.63, 3.8) is 0 Å². The Morgan fingerprint density at radius 2 is 1.68 bits per heavy atom. The van der Waals surface area contributed by atoms with Crippen LogP contribution in [0.2, 0.25) is 0 Å². The molecule has 0 aliphatic carbocycles. The van der Waals surface area contributed by atoms with E-state index in [0.29, 0.717) is 31.1 Å². The van der Waals surface area contributed by atoms with Gasteiger partial charge >= 0.3 is 0 Å². The number of nitrogens with zero attached hydrogens (tertiary/aromatic N) is 1. The van der Waals surface area contributed by atoms with Crippen LogP contribution in [0, 0.1) is 13.8 Å². The van der Waals surface area contributed by atoms with Gasteiger partial charge in [0.1, 0.15) is 12.4 Å². The van der Waals surface area contributed by atoms with Crippen LogP contribution in [0.1, 0.15) is 41.6 Å². The molecule has 0 spiro atoms. The van der Waals surface area contributed by atoms with Crippen molar-refractivity contribution >= 4 is 5.91 Å². The molecule has 2 aromatic carbocycles. The van der Waals surface area contributed by atoms with E-state index in [4.69, 9.17) is 14.2 Å². The van der Waals surface area contributed by atoms with Gasteiger partial charge in [-0.1, -0.05) is 13.0 Å². The molecule has 5 nitrogen and oxygen atoms in total. The van der Waals surface area contributed by atoms with Gasteiger partial charge in [0.15, 0.2) is 11.5 Å². The topological polar surface area (TPSA) is 48.0 Å². The van der Waals surface area contributed by atoms with E-state index < -0.39 is 0 Å². The van der Waals surface area contributed by atoms with Crippen LogP contribution in [0.4, 0.5) is 0 Å². The Bertz CT molecular complexity index is 842. The van der Waals surface area contributed by atoms with Gasteiger partial charge < -0.3 is 19.1 Å². The van der Waals surface area contributed by atoms with Crippen molar-refractivity contribution in [2.24, 2.45) is 0 Å². The maximum atomic E-state index is 12.6. The SMILES string of the molecule is CCC(=O)N1CCc2cc(OC)c(OC)cc2[C@@H]1COc1cc(C)cc(C)c1. The maximum absolute atomic E-state index is 12.6. The molecule has 0 fully saturated rings. The van der Waals surface area contributed by atoms with E-state index >= 15 is 0 Å². The predicted molar refractivity (Wildman–Crippen MR) is 109 cm³/mol. The second kappa shape index (κ2) is 8.55. The molecule has 2 aromatic rings. The largest absolute Gasteiger partial charge is 0.493 e. The van der Waals surface area contributed by atoms with Crippen molar-refractivity contribution in [2.75, 3.05) is 27.4 Å². The van der Waals surface area contributed by atoms with Crippen LogP contribution in [0.5, 0.6) is 17.2 Å². The minimum Gasteiger partial charge on any atom is -0.493 e. The molecule has 1 aliphatic rings. The first-order valence-electron chi connectivity index (χ1n) is 9.72. The van der Waals surface area contributed by atoms with Crippen molar-refractivity contribution in [3.8, 4) is 17.2 Å². The Morgan fingerprint density at radius 1 is 1.04 bits per heavy atom. The quantitative estimate of drug-likeness (QED) is 0.749. The summed E-state index contributed by atoms with van der Waals surface area (Å²) in [7, 11) is 3.27. The third kappa shape index (κ3) is 4.08. The molecule has 150 valence electrons. The number of rotatable bonds is 6. The standard InChI is InChI=1S/C23H29NO4/c1-6-23(25)24-8-7-17-12-21(26-4)22(27-5)13-19(17)20(24)14-28-18-10-15(2)9-16(3)11-18/h9-13,20H,6-8,14H2,1-5H3/t20-/m0/s1. The molecule has 0 saturated carbocycles. The highest BCUT2D eigenvalue weighted by molar-refractivity contribution is 5.77. The number of benzene rings is 2. The van der Waals surface area contributed by atoms with Gasteiger partial charge in [-0.3, -0.25) is 4.79 Å². The summed E-state index contributed by atoms with van der Waals surface area (Å²) in [5.74, 6) is 2.34. The van der Waals surface area contributed by atoms with E-state index in [0.717, 1.165) is 28.9 Å². The number of amides is 1. The molecule has 1 atom stereocenters. The second-order valence-corrected chi connectivity index (χ2v) is 7.25. The Morgan fingerprint density at radius 3 is 2.29 bits per heavy atom. The summed E-state index contributed by atoms with van der Waals surface area (Å²) >= 11 is 0. The normalized spacial score (nSPS) is 15.8. The summed E-state index contributed by atoms with van der Waals surface area (Å²) in [6, 6.07) is 10.0. The van der Waals surface area contributed by atoms with Crippen LogP contribution in [0.25, 0.3) is 0 Å². The minimum atomic E-state index is -0.156. The highest BCUT2D eigenvalue weighted by Crippen LogP contribution is 2.38. The van der Waals surface area contributed by atoms with Gasteiger partial charge in [-0.05, 0) is 66.8 Å². The van der Waals surface area contributed by atoms with Crippen LogP contribution in [-0.4, -0.2) is 38.2 Å². The van der Waals surface area contributed by atoms with Crippen molar-refractivity contribution in [3.05, 3.63) is 52.6 Å². The summed E-state index contributed by atoms with van der Waals surface area (Å²) in [4.78, 5) is 14.5. The number of fused-ring (bicyclic) bond motifs is 1. The van der Waals surface area contributed by atoms with Gasteiger partial charge in [0.05, 0.1) is 20.3 Å². The monoisotopic (exact) mass is 383 g/mol. The lowest BCUT2D eigenvalue weighted by Crippen LogP contribution is -2.42. The molecule has 0 aromatic heterocycles. The fourth-order valence-electron chi connectivity index (χ4n) is 3.90. The first kappa shape index (κ1) is 20.1. The lowest BCUT2D eigenvalue weighted by Gasteiger charge is -2.37. The fourth-order valence-corrected chi connectivity index (χ4v) is 3.90. The zero-order valence-corrected chi connectivity index (χ0v) is 17.4. The van der Waals surface area contributed by atoms with Gasteiger partial charge in [-0.2, -0.15) is 0 Å². The van der Waals surface area contributed by atoms with Gasteiger partial charge in [0.2, 0.25) is 5.91 Å². The molecular weight excluding hydrogens is 354 g/mol. The zero-order chi connectivity index (χ0) is 20.3. The van der Waals surface area contributed by atoms with Gasteiger partial charge in [0, 0.05) is 13.0 Å². The highest BCUT2D eigenvalue weighted by atomic mass is 16.5. The fraction of sp³-hybridized carbons (Fsp3) is 0.435. The Hall–Kier alpha value is -2.69. The molecule has 0 N–H and O–H groups in total. The number of methoxy groups -OCH3 is 2. The van der Waals surface area contributed by atoms with Crippen molar-refractivity contribution in [2.45, 2.75) is 39.7 Å². The zero-order valence-electron chi connectivity index (χ0n) is 17.4. The molecule has 1 heterocycles. The van der Waals surface area contributed by atoms with E-state index in [2.05, 4.69) is 19.9 Å². The van der Waals surface area contributed by atoms with E-state index in [1.54, 1.807) is 14.2 Å². The Labute approximate surface area is 167 Å². The molecule has 0 unspecified atom stereocenters. The minimum absolute atomic E-state index is 0.134. The molecular formula is C23H29NO4. The lowest BCUT2D eigenvalue weighted by molar-refractivity contribution is -0.134. The molecule has 0 radical (unpaired) electrons. The predicted octanol–water partition coefficient (Wildman–Crippen LogP) is 4.24. The average molecular weight is 383 g/mol. The average Bonchev–Trinajstić information content (AvgIpc) is 2.69. The molecule has 1 aliphatic heterocycles.